The van der Waals surface area contributed by atoms with Crippen molar-refractivity contribution < 1.29 is 14.6 Å². The lowest BCUT2D eigenvalue weighted by atomic mass is 9.98. The minimum atomic E-state index is -0.732. The third-order valence-electron chi connectivity index (χ3n) is 3.82. The van der Waals surface area contributed by atoms with Crippen molar-refractivity contribution >= 4 is 5.97 Å². The van der Waals surface area contributed by atoms with E-state index in [9.17, 15) is 4.79 Å². The molecule has 0 aliphatic carbocycles. The van der Waals surface area contributed by atoms with Gasteiger partial charge in [0.25, 0.3) is 0 Å². The van der Waals surface area contributed by atoms with E-state index in [0.717, 1.165) is 37.5 Å². The van der Waals surface area contributed by atoms with Crippen LogP contribution >= 0.6 is 0 Å². The molecule has 3 rings (SSSR count). The molecule has 0 radical (unpaired) electrons. The minimum absolute atomic E-state index is 0.260. The van der Waals surface area contributed by atoms with Crippen LogP contribution in [0.3, 0.4) is 0 Å². The van der Waals surface area contributed by atoms with Crippen molar-refractivity contribution in [2.24, 2.45) is 5.92 Å². The molecule has 6 nitrogen and oxygen atoms in total. The summed E-state index contributed by atoms with van der Waals surface area (Å²) in [6.07, 6.45) is 4.42. The van der Waals surface area contributed by atoms with Gasteiger partial charge in [-0.25, -0.2) is 0 Å². The number of rotatable bonds is 3. The summed E-state index contributed by atoms with van der Waals surface area (Å²) in [6, 6.07) is 0. The summed E-state index contributed by atoms with van der Waals surface area (Å²) in [4.78, 5) is 11.0. The summed E-state index contributed by atoms with van der Waals surface area (Å²) < 4.78 is 7.67. The van der Waals surface area contributed by atoms with Crippen molar-refractivity contribution in [3.8, 4) is 0 Å². The van der Waals surface area contributed by atoms with Crippen molar-refractivity contribution in [2.45, 2.75) is 44.8 Å². The van der Waals surface area contributed by atoms with E-state index in [1.54, 1.807) is 0 Å². The standard InChI is InChI=1S/C12H17N3O3/c16-12(17)8-3-4-15-10(6-8)13-14-11(15)7-9-2-1-5-18-9/h8-9H,1-7H2,(H,16,17). The molecule has 98 valence electrons. The Morgan fingerprint density at radius 2 is 2.33 bits per heavy atom. The van der Waals surface area contributed by atoms with Crippen LogP contribution in [0.1, 0.15) is 30.9 Å². The molecule has 1 fully saturated rings. The second-order valence-corrected chi connectivity index (χ2v) is 5.05. The van der Waals surface area contributed by atoms with Gasteiger partial charge in [0, 0.05) is 26.0 Å². The summed E-state index contributed by atoms with van der Waals surface area (Å²) >= 11 is 0. The minimum Gasteiger partial charge on any atom is -0.481 e. The highest BCUT2D eigenvalue weighted by atomic mass is 16.5. The number of carboxylic acid groups (broad SMARTS) is 1. The number of aromatic nitrogens is 3. The van der Waals surface area contributed by atoms with Crippen molar-refractivity contribution in [3.63, 3.8) is 0 Å². The number of hydrogen-bond donors (Lipinski definition) is 1. The summed E-state index contributed by atoms with van der Waals surface area (Å²) in [6.45, 7) is 1.55. The Morgan fingerprint density at radius 1 is 1.44 bits per heavy atom. The zero-order valence-electron chi connectivity index (χ0n) is 10.2. The van der Waals surface area contributed by atoms with Gasteiger partial charge in [0.1, 0.15) is 11.6 Å². The fourth-order valence-electron chi connectivity index (χ4n) is 2.76. The van der Waals surface area contributed by atoms with Crippen molar-refractivity contribution in [3.05, 3.63) is 11.6 Å². The lowest BCUT2D eigenvalue weighted by Gasteiger charge is -2.21. The van der Waals surface area contributed by atoms with Crippen LogP contribution in [0, 0.1) is 5.92 Å². The van der Waals surface area contributed by atoms with Gasteiger partial charge >= 0.3 is 5.97 Å². The first-order chi connectivity index (χ1) is 8.74. The van der Waals surface area contributed by atoms with Crippen LogP contribution in [0.15, 0.2) is 0 Å². The van der Waals surface area contributed by atoms with Gasteiger partial charge in [-0.15, -0.1) is 10.2 Å². The predicted octanol–water partition coefficient (Wildman–Crippen LogP) is 0.647. The van der Waals surface area contributed by atoms with E-state index < -0.39 is 5.97 Å². The Labute approximate surface area is 105 Å². The number of carboxylic acids is 1. The number of hydrogen-bond acceptors (Lipinski definition) is 4. The maximum absolute atomic E-state index is 11.0. The summed E-state index contributed by atoms with van der Waals surface area (Å²) in [5.41, 5.74) is 0. The number of aliphatic carboxylic acids is 1. The monoisotopic (exact) mass is 251 g/mol. The average Bonchev–Trinajstić information content (AvgIpc) is 2.99. The Bertz CT molecular complexity index is 451. The zero-order chi connectivity index (χ0) is 12.5. The Kier molecular flexibility index (Phi) is 3.03. The van der Waals surface area contributed by atoms with Gasteiger partial charge in [-0.2, -0.15) is 0 Å². The number of ether oxygens (including phenoxy) is 1. The Balaban J connectivity index is 1.73. The smallest absolute Gasteiger partial charge is 0.307 e. The van der Waals surface area contributed by atoms with Crippen LogP contribution in [-0.4, -0.2) is 38.6 Å². The number of carbonyl (C=O) groups is 1. The van der Waals surface area contributed by atoms with Crippen LogP contribution in [0.2, 0.25) is 0 Å². The first-order valence-electron chi connectivity index (χ1n) is 6.49. The molecule has 0 saturated carbocycles. The molecular weight excluding hydrogens is 234 g/mol. The Hall–Kier alpha value is -1.43. The van der Waals surface area contributed by atoms with E-state index in [4.69, 9.17) is 9.84 Å². The molecule has 2 aliphatic rings. The van der Waals surface area contributed by atoms with Crippen LogP contribution in [-0.2, 0) is 28.9 Å². The topological polar surface area (TPSA) is 77.2 Å². The highest BCUT2D eigenvalue weighted by molar-refractivity contribution is 5.70. The van der Waals surface area contributed by atoms with E-state index >= 15 is 0 Å². The molecule has 1 aromatic heterocycles. The van der Waals surface area contributed by atoms with Gasteiger partial charge in [-0.05, 0) is 19.3 Å². The van der Waals surface area contributed by atoms with Crippen LogP contribution < -0.4 is 0 Å². The molecule has 1 aromatic rings. The predicted molar refractivity (Wildman–Crippen MR) is 62.1 cm³/mol. The van der Waals surface area contributed by atoms with E-state index in [-0.39, 0.29) is 12.0 Å². The molecule has 2 aliphatic heterocycles. The first kappa shape index (κ1) is 11.6. The van der Waals surface area contributed by atoms with Gasteiger partial charge in [-0.1, -0.05) is 0 Å². The first-order valence-corrected chi connectivity index (χ1v) is 6.49. The second-order valence-electron chi connectivity index (χ2n) is 5.05. The highest BCUT2D eigenvalue weighted by Crippen LogP contribution is 2.23. The Morgan fingerprint density at radius 3 is 3.06 bits per heavy atom. The highest BCUT2D eigenvalue weighted by Gasteiger charge is 2.28. The average molecular weight is 251 g/mol. The van der Waals surface area contributed by atoms with E-state index in [2.05, 4.69) is 14.8 Å². The lowest BCUT2D eigenvalue weighted by molar-refractivity contribution is -0.142. The zero-order valence-corrected chi connectivity index (χ0v) is 10.2. The van der Waals surface area contributed by atoms with Gasteiger partial charge in [0.15, 0.2) is 0 Å². The summed E-state index contributed by atoms with van der Waals surface area (Å²) in [7, 11) is 0. The third-order valence-corrected chi connectivity index (χ3v) is 3.82. The molecule has 18 heavy (non-hydrogen) atoms. The maximum Gasteiger partial charge on any atom is 0.307 e. The van der Waals surface area contributed by atoms with Gasteiger partial charge < -0.3 is 14.4 Å². The van der Waals surface area contributed by atoms with Crippen LogP contribution in [0.4, 0.5) is 0 Å². The largest absolute Gasteiger partial charge is 0.481 e. The molecule has 2 unspecified atom stereocenters. The van der Waals surface area contributed by atoms with E-state index in [0.29, 0.717) is 19.4 Å². The molecule has 0 bridgehead atoms. The van der Waals surface area contributed by atoms with Crippen LogP contribution in [0.25, 0.3) is 0 Å². The van der Waals surface area contributed by atoms with Gasteiger partial charge in [0.2, 0.25) is 0 Å². The number of fused-ring (bicyclic) bond motifs is 1. The maximum atomic E-state index is 11.0. The molecule has 0 spiro atoms. The van der Waals surface area contributed by atoms with Gasteiger partial charge in [0.05, 0.1) is 12.0 Å². The van der Waals surface area contributed by atoms with Crippen molar-refractivity contribution in [1.82, 2.24) is 14.8 Å². The second kappa shape index (κ2) is 4.68. The van der Waals surface area contributed by atoms with Crippen molar-refractivity contribution in [1.29, 1.82) is 0 Å². The fraction of sp³-hybridized carbons (Fsp3) is 0.750. The molecule has 2 atom stereocenters. The third kappa shape index (κ3) is 2.12. The number of nitrogens with zero attached hydrogens (tertiary/aromatic N) is 3. The van der Waals surface area contributed by atoms with Gasteiger partial charge in [-0.3, -0.25) is 4.79 Å². The normalized spacial score (nSPS) is 27.1. The fourth-order valence-corrected chi connectivity index (χ4v) is 2.76. The van der Waals surface area contributed by atoms with E-state index in [1.165, 1.54) is 0 Å². The molecule has 1 saturated heterocycles. The molecule has 3 heterocycles. The summed E-state index contributed by atoms with van der Waals surface area (Å²) in [5.74, 6) is 0.713. The molecule has 1 N–H and O–H groups in total. The lowest BCUT2D eigenvalue weighted by Crippen LogP contribution is -2.27. The molecule has 6 heteroatoms. The van der Waals surface area contributed by atoms with Crippen LogP contribution in [0.5, 0.6) is 0 Å². The molecule has 0 aromatic carbocycles. The SMILES string of the molecule is O=C(O)C1CCn2c(CC3CCCO3)nnc2C1. The quantitative estimate of drug-likeness (QED) is 0.853. The molecule has 0 amide bonds. The molecular formula is C12H17N3O3. The van der Waals surface area contributed by atoms with Crippen molar-refractivity contribution in [2.75, 3.05) is 6.61 Å². The summed E-state index contributed by atoms with van der Waals surface area (Å²) in [5, 5.41) is 17.3. The van der Waals surface area contributed by atoms with E-state index in [1.807, 2.05) is 0 Å².